The predicted octanol–water partition coefficient (Wildman–Crippen LogP) is 2.06. The fourth-order valence-corrected chi connectivity index (χ4v) is 2.84. The maximum Gasteiger partial charge on any atom is 0.408 e. The normalized spacial score (nSPS) is 13.2. The van der Waals surface area contributed by atoms with Crippen LogP contribution >= 0.6 is 11.8 Å². The van der Waals surface area contributed by atoms with Crippen molar-refractivity contribution in [3.8, 4) is 5.69 Å². The zero-order valence-electron chi connectivity index (χ0n) is 12.3. The summed E-state index contributed by atoms with van der Waals surface area (Å²) in [6.07, 6.45) is -4.40. The summed E-state index contributed by atoms with van der Waals surface area (Å²) < 4.78 is 39.8. The second kappa shape index (κ2) is 6.55. The summed E-state index contributed by atoms with van der Waals surface area (Å²) in [6.45, 7) is 0.515. The fourth-order valence-electron chi connectivity index (χ4n) is 1.96. The molecule has 24 heavy (non-hydrogen) atoms. The number of halogens is 3. The van der Waals surface area contributed by atoms with Crippen LogP contribution in [0.4, 0.5) is 13.2 Å². The lowest BCUT2D eigenvalue weighted by molar-refractivity contribution is -0.144. The number of hydrogen-bond acceptors (Lipinski definition) is 7. The number of rotatable bonds is 5. The van der Waals surface area contributed by atoms with E-state index in [4.69, 9.17) is 0 Å². The Morgan fingerprint density at radius 3 is 2.50 bits per heavy atom. The highest BCUT2D eigenvalue weighted by Crippen LogP contribution is 2.33. The molecular formula is C12H11F3N8S. The molecule has 126 valence electrons. The minimum Gasteiger partial charge on any atom is -0.211 e. The predicted molar refractivity (Wildman–Crippen MR) is 77.3 cm³/mol. The molecule has 1 atom stereocenters. The van der Waals surface area contributed by atoms with Gasteiger partial charge in [-0.2, -0.15) is 17.9 Å². The van der Waals surface area contributed by atoms with Crippen molar-refractivity contribution in [1.82, 2.24) is 40.4 Å². The van der Waals surface area contributed by atoms with Gasteiger partial charge in [0.05, 0.1) is 10.9 Å². The molecule has 12 heteroatoms. The third-order valence-corrected chi connectivity index (χ3v) is 4.04. The number of alkyl halides is 3. The van der Waals surface area contributed by atoms with Gasteiger partial charge in [0.15, 0.2) is 5.82 Å². The van der Waals surface area contributed by atoms with Crippen molar-refractivity contribution in [1.29, 1.82) is 0 Å². The van der Waals surface area contributed by atoms with E-state index in [1.54, 1.807) is 6.92 Å². The standard InChI is InChI=1S/C12H11F3N8S/c1-8(24-11-17-19-20-22(11)7-12(13,14)15)10-16-18-21-23(10)9-5-3-2-4-6-9/h2-6,8H,7H2,1H3. The van der Waals surface area contributed by atoms with E-state index in [0.717, 1.165) is 17.4 Å². The average molecular weight is 356 g/mol. The Balaban J connectivity index is 1.81. The second-order valence-electron chi connectivity index (χ2n) is 4.78. The molecule has 0 N–H and O–H groups in total. The highest BCUT2D eigenvalue weighted by atomic mass is 32.2. The first kappa shape index (κ1) is 16.4. The molecule has 0 saturated heterocycles. The number of para-hydroxylation sites is 1. The van der Waals surface area contributed by atoms with Crippen LogP contribution in [0.15, 0.2) is 35.5 Å². The Morgan fingerprint density at radius 2 is 1.79 bits per heavy atom. The highest BCUT2D eigenvalue weighted by Gasteiger charge is 2.31. The molecule has 3 aromatic rings. The largest absolute Gasteiger partial charge is 0.408 e. The number of thioether (sulfide) groups is 1. The van der Waals surface area contributed by atoms with Gasteiger partial charge < -0.3 is 0 Å². The molecular weight excluding hydrogens is 345 g/mol. The third kappa shape index (κ3) is 3.69. The van der Waals surface area contributed by atoms with Gasteiger partial charge in [-0.25, -0.2) is 4.68 Å². The molecule has 0 fully saturated rings. The van der Waals surface area contributed by atoms with Gasteiger partial charge in [0.2, 0.25) is 5.16 Å². The molecule has 0 saturated carbocycles. The highest BCUT2D eigenvalue weighted by molar-refractivity contribution is 7.99. The molecule has 1 aromatic carbocycles. The van der Waals surface area contributed by atoms with Gasteiger partial charge in [0, 0.05) is 0 Å². The summed E-state index contributed by atoms with van der Waals surface area (Å²) in [6, 6.07) is 9.18. The monoisotopic (exact) mass is 356 g/mol. The summed E-state index contributed by atoms with van der Waals surface area (Å²) in [5.41, 5.74) is 0.750. The first-order valence-electron chi connectivity index (χ1n) is 6.77. The molecule has 3 rings (SSSR count). The summed E-state index contributed by atoms with van der Waals surface area (Å²) >= 11 is 1.05. The Labute approximate surface area is 138 Å². The molecule has 2 heterocycles. The number of benzene rings is 1. The third-order valence-electron chi connectivity index (χ3n) is 2.97. The number of tetrazole rings is 2. The Hall–Kier alpha value is -2.50. The maximum atomic E-state index is 12.5. The molecule has 2 aromatic heterocycles. The minimum atomic E-state index is -4.40. The van der Waals surface area contributed by atoms with Crippen molar-refractivity contribution in [3.63, 3.8) is 0 Å². The Morgan fingerprint density at radius 1 is 1.08 bits per heavy atom. The van der Waals surface area contributed by atoms with E-state index in [-0.39, 0.29) is 10.4 Å². The number of nitrogens with zero attached hydrogens (tertiary/aromatic N) is 8. The van der Waals surface area contributed by atoms with E-state index in [0.29, 0.717) is 10.5 Å². The van der Waals surface area contributed by atoms with Crippen LogP contribution in [-0.2, 0) is 6.54 Å². The summed E-state index contributed by atoms with van der Waals surface area (Å²) in [4.78, 5) is 0. The maximum absolute atomic E-state index is 12.5. The van der Waals surface area contributed by atoms with Crippen molar-refractivity contribution in [2.45, 2.75) is 30.1 Å². The molecule has 0 bridgehead atoms. The fraction of sp³-hybridized carbons (Fsp3) is 0.333. The van der Waals surface area contributed by atoms with Crippen LogP contribution in [0, 0.1) is 0 Å². The van der Waals surface area contributed by atoms with Gasteiger partial charge in [0.1, 0.15) is 6.54 Å². The van der Waals surface area contributed by atoms with E-state index < -0.39 is 12.7 Å². The second-order valence-corrected chi connectivity index (χ2v) is 6.09. The van der Waals surface area contributed by atoms with Gasteiger partial charge in [-0.3, -0.25) is 0 Å². The SMILES string of the molecule is CC(Sc1nnnn1CC(F)(F)F)c1nnnn1-c1ccccc1. The summed E-state index contributed by atoms with van der Waals surface area (Å²) in [5.74, 6) is 0.479. The van der Waals surface area contributed by atoms with Crippen molar-refractivity contribution < 1.29 is 13.2 Å². The zero-order valence-corrected chi connectivity index (χ0v) is 13.1. The molecule has 0 aliphatic heterocycles. The van der Waals surface area contributed by atoms with Gasteiger partial charge in [-0.05, 0) is 39.9 Å². The zero-order chi connectivity index (χ0) is 17.2. The van der Waals surface area contributed by atoms with Crippen LogP contribution in [0.25, 0.3) is 5.69 Å². The molecule has 8 nitrogen and oxygen atoms in total. The quantitative estimate of drug-likeness (QED) is 0.647. The summed E-state index contributed by atoms with van der Waals surface area (Å²) in [7, 11) is 0. The smallest absolute Gasteiger partial charge is 0.211 e. The van der Waals surface area contributed by atoms with Crippen LogP contribution in [-0.4, -0.2) is 46.6 Å². The lowest BCUT2D eigenvalue weighted by Gasteiger charge is -2.12. The van der Waals surface area contributed by atoms with Crippen molar-refractivity contribution in [2.24, 2.45) is 0 Å². The average Bonchev–Trinajstić information content (AvgIpc) is 3.16. The first-order chi connectivity index (χ1) is 11.4. The lowest BCUT2D eigenvalue weighted by Crippen LogP contribution is -2.19. The number of aromatic nitrogens is 8. The molecule has 0 aliphatic rings. The van der Waals surface area contributed by atoms with Crippen LogP contribution in [0.5, 0.6) is 0 Å². The number of hydrogen-bond donors (Lipinski definition) is 0. The van der Waals surface area contributed by atoms with E-state index in [2.05, 4.69) is 31.1 Å². The van der Waals surface area contributed by atoms with Crippen LogP contribution in [0.1, 0.15) is 18.0 Å². The van der Waals surface area contributed by atoms with Crippen LogP contribution < -0.4 is 0 Å². The van der Waals surface area contributed by atoms with Gasteiger partial charge in [-0.15, -0.1) is 10.2 Å². The van der Waals surface area contributed by atoms with Gasteiger partial charge >= 0.3 is 6.18 Å². The van der Waals surface area contributed by atoms with Crippen molar-refractivity contribution in [2.75, 3.05) is 0 Å². The van der Waals surface area contributed by atoms with E-state index >= 15 is 0 Å². The first-order valence-corrected chi connectivity index (χ1v) is 7.65. The van der Waals surface area contributed by atoms with E-state index in [9.17, 15) is 13.2 Å². The van der Waals surface area contributed by atoms with Crippen molar-refractivity contribution >= 4 is 11.8 Å². The van der Waals surface area contributed by atoms with Gasteiger partial charge in [0.25, 0.3) is 0 Å². The van der Waals surface area contributed by atoms with Crippen LogP contribution in [0.3, 0.4) is 0 Å². The van der Waals surface area contributed by atoms with Crippen molar-refractivity contribution in [3.05, 3.63) is 36.2 Å². The molecule has 0 radical (unpaired) electrons. The minimum absolute atomic E-state index is 0.0439. The van der Waals surface area contributed by atoms with Gasteiger partial charge in [-0.1, -0.05) is 30.0 Å². The Kier molecular flexibility index (Phi) is 4.46. The molecule has 0 amide bonds. The molecule has 0 spiro atoms. The molecule has 0 aliphatic carbocycles. The summed E-state index contributed by atoms with van der Waals surface area (Å²) in [5, 5.41) is 21.5. The van der Waals surface area contributed by atoms with Crippen LogP contribution in [0.2, 0.25) is 0 Å². The Bertz CT molecular complexity index is 800. The topological polar surface area (TPSA) is 87.2 Å². The lowest BCUT2D eigenvalue weighted by atomic mass is 10.3. The molecule has 1 unspecified atom stereocenters. The van der Waals surface area contributed by atoms with E-state index in [1.165, 1.54) is 4.68 Å². The van der Waals surface area contributed by atoms with E-state index in [1.807, 2.05) is 30.3 Å².